The van der Waals surface area contributed by atoms with E-state index in [0.29, 0.717) is 12.2 Å². The minimum Gasteiger partial charge on any atom is -0.347 e. The van der Waals surface area contributed by atoms with Crippen molar-refractivity contribution >= 4 is 17.7 Å². The van der Waals surface area contributed by atoms with Gasteiger partial charge in [0.1, 0.15) is 17.8 Å². The normalized spacial score (nSPS) is 10.7. The van der Waals surface area contributed by atoms with Gasteiger partial charge in [-0.3, -0.25) is 14.9 Å². The number of rotatable bonds is 5. The average Bonchev–Trinajstić information content (AvgIpc) is 2.59. The zero-order valence-electron chi connectivity index (χ0n) is 12.0. The zero-order valence-corrected chi connectivity index (χ0v) is 12.0. The summed E-state index contributed by atoms with van der Waals surface area (Å²) in [5.74, 6) is -0.531. The molecule has 0 atom stereocenters. The highest BCUT2D eigenvalue weighted by Crippen LogP contribution is 2.11. The van der Waals surface area contributed by atoms with Crippen LogP contribution >= 0.6 is 0 Å². The Morgan fingerprint density at radius 1 is 1.30 bits per heavy atom. The first-order chi connectivity index (χ1) is 11.1. The third-order valence-corrected chi connectivity index (χ3v) is 2.93. The highest BCUT2D eigenvalue weighted by atomic mass is 16.6. The number of hydrogen-bond donors (Lipinski definition) is 1. The summed E-state index contributed by atoms with van der Waals surface area (Å²) in [7, 11) is 0. The third-order valence-electron chi connectivity index (χ3n) is 2.93. The van der Waals surface area contributed by atoms with Gasteiger partial charge in [-0.15, -0.1) is 0 Å². The number of amides is 1. The molecule has 1 heterocycles. The van der Waals surface area contributed by atoms with Crippen LogP contribution in [0.1, 0.15) is 11.3 Å². The average molecular weight is 308 g/mol. The first-order valence-corrected chi connectivity index (χ1v) is 6.64. The molecule has 114 valence electrons. The van der Waals surface area contributed by atoms with Crippen molar-refractivity contribution in [1.29, 1.82) is 5.26 Å². The van der Waals surface area contributed by atoms with Gasteiger partial charge in [0.05, 0.1) is 10.6 Å². The van der Waals surface area contributed by atoms with E-state index in [0.717, 1.165) is 11.8 Å². The number of benzene rings is 1. The van der Waals surface area contributed by atoms with Gasteiger partial charge in [0.15, 0.2) is 0 Å². The number of nitrogens with zero attached hydrogens (tertiary/aromatic N) is 3. The molecule has 7 heteroatoms. The molecule has 7 nitrogen and oxygen atoms in total. The second-order valence-electron chi connectivity index (χ2n) is 4.54. The summed E-state index contributed by atoms with van der Waals surface area (Å²) >= 11 is 0. The van der Waals surface area contributed by atoms with Crippen LogP contribution in [0, 0.1) is 21.4 Å². The number of nitriles is 1. The van der Waals surface area contributed by atoms with Gasteiger partial charge in [-0.1, -0.05) is 30.3 Å². The number of pyridine rings is 1. The van der Waals surface area contributed by atoms with Crippen molar-refractivity contribution < 1.29 is 9.72 Å². The lowest BCUT2D eigenvalue weighted by Crippen LogP contribution is -2.23. The Morgan fingerprint density at radius 2 is 2.04 bits per heavy atom. The second-order valence-corrected chi connectivity index (χ2v) is 4.54. The summed E-state index contributed by atoms with van der Waals surface area (Å²) in [5, 5.41) is 22.3. The van der Waals surface area contributed by atoms with Crippen LogP contribution in [-0.2, 0) is 11.3 Å². The molecule has 1 aromatic heterocycles. The van der Waals surface area contributed by atoms with Crippen LogP contribution in [0.5, 0.6) is 0 Å². The van der Waals surface area contributed by atoms with Gasteiger partial charge in [0.25, 0.3) is 11.6 Å². The SMILES string of the molecule is N#C/C(=C\c1ccc([N+](=O)[O-])cn1)C(=O)NCc1ccccc1. The van der Waals surface area contributed by atoms with E-state index >= 15 is 0 Å². The van der Waals surface area contributed by atoms with Crippen molar-refractivity contribution in [3.63, 3.8) is 0 Å². The maximum atomic E-state index is 12.0. The number of aromatic nitrogens is 1. The van der Waals surface area contributed by atoms with Gasteiger partial charge in [-0.2, -0.15) is 5.26 Å². The van der Waals surface area contributed by atoms with Crippen LogP contribution in [-0.4, -0.2) is 15.8 Å². The fraction of sp³-hybridized carbons (Fsp3) is 0.0625. The Morgan fingerprint density at radius 3 is 2.61 bits per heavy atom. The first kappa shape index (κ1) is 15.9. The molecule has 0 bridgehead atoms. The van der Waals surface area contributed by atoms with Crippen LogP contribution < -0.4 is 5.32 Å². The highest BCUT2D eigenvalue weighted by Gasteiger charge is 2.10. The van der Waals surface area contributed by atoms with E-state index < -0.39 is 10.8 Å². The lowest BCUT2D eigenvalue weighted by Gasteiger charge is -2.04. The Bertz CT molecular complexity index is 777. The molecule has 0 saturated heterocycles. The van der Waals surface area contributed by atoms with Crippen LogP contribution in [0.3, 0.4) is 0 Å². The Kier molecular flexibility index (Phi) is 5.15. The van der Waals surface area contributed by atoms with Gasteiger partial charge >= 0.3 is 0 Å². The molecular formula is C16H12N4O3. The van der Waals surface area contributed by atoms with E-state index in [9.17, 15) is 14.9 Å². The molecule has 0 aliphatic heterocycles. The minimum atomic E-state index is -0.571. The smallest absolute Gasteiger partial charge is 0.287 e. The van der Waals surface area contributed by atoms with Gasteiger partial charge < -0.3 is 5.32 Å². The van der Waals surface area contributed by atoms with E-state index in [4.69, 9.17) is 5.26 Å². The third kappa shape index (κ3) is 4.47. The Labute approximate surface area is 132 Å². The van der Waals surface area contributed by atoms with Crippen molar-refractivity contribution in [3.8, 4) is 6.07 Å². The topological polar surface area (TPSA) is 109 Å². The summed E-state index contributed by atoms with van der Waals surface area (Å²) in [6.07, 6.45) is 2.35. The number of nitrogens with one attached hydrogen (secondary N) is 1. The Balaban J connectivity index is 2.07. The number of carbonyl (C=O) groups is 1. The molecule has 0 spiro atoms. The maximum absolute atomic E-state index is 12.0. The molecule has 0 saturated carbocycles. The van der Waals surface area contributed by atoms with Crippen molar-refractivity contribution in [3.05, 3.63) is 75.6 Å². The van der Waals surface area contributed by atoms with Crippen molar-refractivity contribution in [2.24, 2.45) is 0 Å². The molecule has 0 aliphatic rings. The molecule has 2 aromatic rings. The number of hydrogen-bond acceptors (Lipinski definition) is 5. The molecule has 0 radical (unpaired) electrons. The first-order valence-electron chi connectivity index (χ1n) is 6.64. The summed E-state index contributed by atoms with van der Waals surface area (Å²) in [5.41, 5.74) is 0.921. The van der Waals surface area contributed by atoms with Crippen LogP contribution in [0.25, 0.3) is 6.08 Å². The van der Waals surface area contributed by atoms with E-state index in [1.54, 1.807) is 6.07 Å². The quantitative estimate of drug-likeness (QED) is 0.394. The van der Waals surface area contributed by atoms with E-state index in [2.05, 4.69) is 10.3 Å². The summed E-state index contributed by atoms with van der Waals surface area (Å²) in [6.45, 7) is 0.298. The maximum Gasteiger partial charge on any atom is 0.287 e. The van der Waals surface area contributed by atoms with Crippen molar-refractivity contribution in [2.75, 3.05) is 0 Å². The molecule has 1 N–H and O–H groups in total. The monoisotopic (exact) mass is 308 g/mol. The molecular weight excluding hydrogens is 296 g/mol. The highest BCUT2D eigenvalue weighted by molar-refractivity contribution is 6.01. The fourth-order valence-electron chi connectivity index (χ4n) is 1.76. The van der Waals surface area contributed by atoms with Gasteiger partial charge in [0, 0.05) is 12.6 Å². The van der Waals surface area contributed by atoms with Crippen molar-refractivity contribution in [1.82, 2.24) is 10.3 Å². The predicted molar refractivity (Wildman–Crippen MR) is 82.8 cm³/mol. The summed E-state index contributed by atoms with van der Waals surface area (Å²) in [6, 6.07) is 13.7. The molecule has 0 aliphatic carbocycles. The van der Waals surface area contributed by atoms with Gasteiger partial charge in [-0.05, 0) is 17.7 Å². The molecule has 2 rings (SSSR count). The van der Waals surface area contributed by atoms with Gasteiger partial charge in [-0.25, -0.2) is 4.98 Å². The number of carbonyl (C=O) groups excluding carboxylic acids is 1. The summed E-state index contributed by atoms with van der Waals surface area (Å²) in [4.78, 5) is 25.8. The molecule has 1 aromatic carbocycles. The lowest BCUT2D eigenvalue weighted by molar-refractivity contribution is -0.385. The lowest BCUT2D eigenvalue weighted by atomic mass is 10.2. The van der Waals surface area contributed by atoms with E-state index in [-0.39, 0.29) is 11.3 Å². The molecule has 0 fully saturated rings. The van der Waals surface area contributed by atoms with E-state index in [1.807, 2.05) is 30.3 Å². The Hall–Kier alpha value is -3.53. The predicted octanol–water partition coefficient (Wildman–Crippen LogP) is 2.21. The standard InChI is InChI=1S/C16H12N4O3/c17-9-13(8-14-6-7-15(11-18-14)20(22)23)16(21)19-10-12-4-2-1-3-5-12/h1-8,11H,10H2,(H,19,21)/b13-8+. The molecule has 0 unspecified atom stereocenters. The molecule has 1 amide bonds. The van der Waals surface area contributed by atoms with Crippen molar-refractivity contribution in [2.45, 2.75) is 6.54 Å². The fourth-order valence-corrected chi connectivity index (χ4v) is 1.76. The van der Waals surface area contributed by atoms with Gasteiger partial charge in [0.2, 0.25) is 0 Å². The minimum absolute atomic E-state index is 0.123. The molecule has 23 heavy (non-hydrogen) atoms. The zero-order chi connectivity index (χ0) is 16.7. The van der Waals surface area contributed by atoms with Crippen LogP contribution in [0.4, 0.5) is 5.69 Å². The van der Waals surface area contributed by atoms with Crippen LogP contribution in [0.2, 0.25) is 0 Å². The second kappa shape index (κ2) is 7.47. The van der Waals surface area contributed by atoms with E-state index in [1.165, 1.54) is 18.2 Å². The number of nitro groups is 1. The largest absolute Gasteiger partial charge is 0.347 e. The van der Waals surface area contributed by atoms with Crippen LogP contribution in [0.15, 0.2) is 54.2 Å². The summed E-state index contributed by atoms with van der Waals surface area (Å²) < 4.78 is 0.